The second-order valence-electron chi connectivity index (χ2n) is 17.9. The summed E-state index contributed by atoms with van der Waals surface area (Å²) in [5.41, 5.74) is 18.8. The van der Waals surface area contributed by atoms with E-state index in [1.165, 1.54) is 98.8 Å². The first-order valence-electron chi connectivity index (χ1n) is 20.1. The predicted octanol–water partition coefficient (Wildman–Crippen LogP) is 12.6. The Morgan fingerprint density at radius 1 is 0.600 bits per heavy atom. The van der Waals surface area contributed by atoms with Crippen molar-refractivity contribution in [1.29, 1.82) is 0 Å². The van der Waals surface area contributed by atoms with Crippen LogP contribution in [0.15, 0.2) is 140 Å². The Bertz CT molecular complexity index is 2650. The van der Waals surface area contributed by atoms with Crippen LogP contribution in [0.3, 0.4) is 0 Å². The number of fused-ring (bicyclic) bond motifs is 2. The van der Waals surface area contributed by atoms with Crippen LogP contribution < -0.4 is 10.4 Å². The molecule has 8 rings (SSSR count). The van der Waals surface area contributed by atoms with Gasteiger partial charge in [0.25, 0.3) is 0 Å². The third kappa shape index (κ3) is 7.12. The molecular formula is C55H54. The van der Waals surface area contributed by atoms with Crippen molar-refractivity contribution in [3.63, 3.8) is 0 Å². The van der Waals surface area contributed by atoms with E-state index in [0.29, 0.717) is 0 Å². The standard InChI is InChI=1S/C55H54/c1-36-23-27-40(28-24-36)45-33-43-34-47-49(41-21-15-16-22-41)50(42-29-25-37(2)26-30-42)53(55(6,7)8)51(52(47)46(43)35-48(45)54(3,4)5)44(31-38-17-11-9-12-18-38)32-39-19-13-10-14-20-39/h9-21,23-30,33-35H,22,31-32H2,1-8H3. The van der Waals surface area contributed by atoms with E-state index in [1.54, 1.807) is 0 Å². The molecule has 0 N–H and O–H groups in total. The fourth-order valence-corrected chi connectivity index (χ4v) is 8.90. The fraction of sp³-hybridized carbons (Fsp3) is 0.236. The predicted molar refractivity (Wildman–Crippen MR) is 237 cm³/mol. The lowest BCUT2D eigenvalue weighted by atomic mass is 9.73. The number of allylic oxidation sites excluding steroid dienone is 4. The van der Waals surface area contributed by atoms with Gasteiger partial charge in [-0.05, 0) is 144 Å². The lowest BCUT2D eigenvalue weighted by Crippen LogP contribution is -2.30. The van der Waals surface area contributed by atoms with E-state index in [9.17, 15) is 0 Å². The smallest absolute Gasteiger partial charge is 0.00232 e. The molecule has 0 radical (unpaired) electrons. The van der Waals surface area contributed by atoms with Crippen molar-refractivity contribution < 1.29 is 0 Å². The van der Waals surface area contributed by atoms with Gasteiger partial charge < -0.3 is 0 Å². The SMILES string of the molecule is Cc1ccc(-c2cc3c(cc2C(C)(C)C)=c2c(c(C4=CC=CC4)c(-c4ccc(C)cc4)c(C(C)(C)C)c2=C(Cc2ccccc2)Cc2ccccc2)C=3)cc1. The highest BCUT2D eigenvalue weighted by atomic mass is 14.3. The van der Waals surface area contributed by atoms with E-state index in [4.69, 9.17) is 0 Å². The van der Waals surface area contributed by atoms with Crippen LogP contribution in [0.4, 0.5) is 0 Å². The lowest BCUT2D eigenvalue weighted by Gasteiger charge is -2.30. The van der Waals surface area contributed by atoms with E-state index < -0.39 is 0 Å². The van der Waals surface area contributed by atoms with E-state index in [1.807, 2.05) is 0 Å². The maximum Gasteiger partial charge on any atom is -0.00232 e. The molecule has 0 amide bonds. The summed E-state index contributed by atoms with van der Waals surface area (Å²) in [5.74, 6) is 0. The molecule has 6 aromatic carbocycles. The van der Waals surface area contributed by atoms with Crippen LogP contribution in [-0.2, 0) is 23.7 Å². The fourth-order valence-electron chi connectivity index (χ4n) is 8.90. The van der Waals surface area contributed by atoms with E-state index in [2.05, 4.69) is 201 Å². The molecule has 0 aromatic heterocycles. The van der Waals surface area contributed by atoms with Crippen LogP contribution in [0.25, 0.3) is 39.5 Å². The minimum Gasteiger partial charge on any atom is -0.0801 e. The number of rotatable bonds is 7. The molecule has 0 aliphatic heterocycles. The van der Waals surface area contributed by atoms with Gasteiger partial charge in [0.15, 0.2) is 0 Å². The Balaban J connectivity index is 1.66. The van der Waals surface area contributed by atoms with Gasteiger partial charge >= 0.3 is 0 Å². The summed E-state index contributed by atoms with van der Waals surface area (Å²) >= 11 is 0. The van der Waals surface area contributed by atoms with Crippen LogP contribution in [0.5, 0.6) is 0 Å². The van der Waals surface area contributed by atoms with E-state index in [-0.39, 0.29) is 10.8 Å². The Labute approximate surface area is 328 Å². The topological polar surface area (TPSA) is 0 Å². The summed E-state index contributed by atoms with van der Waals surface area (Å²) in [6.45, 7) is 18.8. The number of benzene rings is 6. The molecule has 0 spiro atoms. The minimum atomic E-state index is -0.165. The third-order valence-corrected chi connectivity index (χ3v) is 11.5. The zero-order chi connectivity index (χ0) is 38.5. The largest absolute Gasteiger partial charge is 0.0801 e. The van der Waals surface area contributed by atoms with Crippen molar-refractivity contribution in [1.82, 2.24) is 0 Å². The molecule has 6 aromatic rings. The van der Waals surface area contributed by atoms with Gasteiger partial charge in [-0.3, -0.25) is 0 Å². The second kappa shape index (κ2) is 14.3. The average Bonchev–Trinajstić information content (AvgIpc) is 3.82. The van der Waals surface area contributed by atoms with Gasteiger partial charge in [0.05, 0.1) is 0 Å². The third-order valence-electron chi connectivity index (χ3n) is 11.5. The second-order valence-corrected chi connectivity index (χ2v) is 17.9. The monoisotopic (exact) mass is 714 g/mol. The molecule has 0 saturated carbocycles. The van der Waals surface area contributed by atoms with E-state index >= 15 is 0 Å². The highest BCUT2D eigenvalue weighted by Crippen LogP contribution is 2.43. The van der Waals surface area contributed by atoms with Crippen LogP contribution in [0.1, 0.15) is 92.5 Å². The molecule has 0 heteroatoms. The molecular weight excluding hydrogens is 661 g/mol. The molecule has 0 fully saturated rings. The molecule has 0 unspecified atom stereocenters. The van der Waals surface area contributed by atoms with Gasteiger partial charge in [0, 0.05) is 0 Å². The summed E-state index contributed by atoms with van der Waals surface area (Å²) < 4.78 is 0. The molecule has 0 nitrogen and oxygen atoms in total. The molecule has 2 aliphatic rings. The van der Waals surface area contributed by atoms with Crippen molar-refractivity contribution in [3.8, 4) is 22.3 Å². The van der Waals surface area contributed by atoms with E-state index in [0.717, 1.165) is 19.3 Å². The summed E-state index contributed by atoms with van der Waals surface area (Å²) in [7, 11) is 0. The highest BCUT2D eigenvalue weighted by molar-refractivity contribution is 5.92. The van der Waals surface area contributed by atoms with Gasteiger partial charge in [0.1, 0.15) is 0 Å². The van der Waals surface area contributed by atoms with Gasteiger partial charge in [-0.2, -0.15) is 0 Å². The molecule has 0 bridgehead atoms. The van der Waals surface area contributed by atoms with Crippen molar-refractivity contribution in [2.24, 2.45) is 0 Å². The molecule has 55 heavy (non-hydrogen) atoms. The Morgan fingerprint density at radius 2 is 1.16 bits per heavy atom. The minimum absolute atomic E-state index is 0.0613. The van der Waals surface area contributed by atoms with Crippen molar-refractivity contribution >= 4 is 17.2 Å². The van der Waals surface area contributed by atoms with Crippen molar-refractivity contribution in [2.45, 2.75) is 85.5 Å². The highest BCUT2D eigenvalue weighted by Gasteiger charge is 2.31. The number of hydrogen-bond acceptors (Lipinski definition) is 0. The van der Waals surface area contributed by atoms with Crippen molar-refractivity contribution in [2.75, 3.05) is 0 Å². The zero-order valence-electron chi connectivity index (χ0n) is 34.0. The first-order valence-corrected chi connectivity index (χ1v) is 20.1. The van der Waals surface area contributed by atoms with Gasteiger partial charge in [-0.15, -0.1) is 0 Å². The molecule has 0 saturated heterocycles. The quantitative estimate of drug-likeness (QED) is 0.154. The lowest BCUT2D eigenvalue weighted by molar-refractivity contribution is 0.586. The number of aryl methyl sites for hydroxylation is 2. The van der Waals surface area contributed by atoms with Gasteiger partial charge in [-0.25, -0.2) is 0 Å². The molecule has 2 aliphatic carbocycles. The van der Waals surface area contributed by atoms with Crippen LogP contribution >= 0.6 is 0 Å². The van der Waals surface area contributed by atoms with Crippen LogP contribution in [0.2, 0.25) is 0 Å². The number of hydrogen-bond donors (Lipinski definition) is 0. The molecule has 0 heterocycles. The summed E-state index contributed by atoms with van der Waals surface area (Å²) in [4.78, 5) is 0. The maximum absolute atomic E-state index is 2.57. The van der Waals surface area contributed by atoms with Crippen LogP contribution in [-0.4, -0.2) is 0 Å². The Hall–Kier alpha value is -5.46. The maximum atomic E-state index is 2.57. The Morgan fingerprint density at radius 3 is 1.67 bits per heavy atom. The first kappa shape index (κ1) is 36.5. The Kier molecular flexibility index (Phi) is 9.50. The average molecular weight is 715 g/mol. The first-order chi connectivity index (χ1) is 26.4. The van der Waals surface area contributed by atoms with Gasteiger partial charge in [-0.1, -0.05) is 186 Å². The zero-order valence-corrected chi connectivity index (χ0v) is 34.0. The summed E-state index contributed by atoms with van der Waals surface area (Å²) in [6.07, 6.45) is 12.2. The van der Waals surface area contributed by atoms with Crippen molar-refractivity contribution in [3.05, 3.63) is 205 Å². The summed E-state index contributed by atoms with van der Waals surface area (Å²) in [6, 6.07) is 45.8. The summed E-state index contributed by atoms with van der Waals surface area (Å²) in [5, 5.41) is 5.51. The van der Waals surface area contributed by atoms with Gasteiger partial charge in [0.2, 0.25) is 0 Å². The van der Waals surface area contributed by atoms with Crippen LogP contribution in [0, 0.1) is 24.3 Å². The molecule has 0 atom stereocenters. The molecule has 274 valence electrons. The normalized spacial score (nSPS) is 13.3.